The normalized spacial score (nSPS) is 24.1. The summed E-state index contributed by atoms with van der Waals surface area (Å²) in [6, 6.07) is 0. The molecule has 46 valence electrons. The van der Waals surface area contributed by atoms with Gasteiger partial charge in [-0.1, -0.05) is 0 Å². The van der Waals surface area contributed by atoms with E-state index in [0.717, 1.165) is 0 Å². The summed E-state index contributed by atoms with van der Waals surface area (Å²) in [6.07, 6.45) is 0. The fourth-order valence-corrected chi connectivity index (χ4v) is 1.21. The number of aliphatic carboxylic acids is 1. The van der Waals surface area contributed by atoms with Crippen LogP contribution in [-0.2, 0) is 4.79 Å². The van der Waals surface area contributed by atoms with Gasteiger partial charge in [0.1, 0.15) is 0 Å². The van der Waals surface area contributed by atoms with Crippen molar-refractivity contribution in [2.45, 2.75) is 5.67 Å². The molecule has 2 nitrogen and oxygen atoms in total. The van der Waals surface area contributed by atoms with E-state index in [-0.39, 0.29) is 11.5 Å². The molecule has 1 saturated heterocycles. The number of halogens is 1. The summed E-state index contributed by atoms with van der Waals surface area (Å²) in [7, 11) is 0. The number of carbonyl (C=O) groups is 1. The minimum Gasteiger partial charge on any atom is -0.479 e. The second-order valence-electron chi connectivity index (χ2n) is 1.76. The monoisotopic (exact) mass is 136 g/mol. The van der Waals surface area contributed by atoms with E-state index in [1.54, 1.807) is 0 Å². The molecule has 1 aliphatic rings. The molecule has 1 rings (SSSR count). The van der Waals surface area contributed by atoms with Crippen LogP contribution in [0.15, 0.2) is 0 Å². The molecule has 0 aromatic carbocycles. The lowest BCUT2D eigenvalue weighted by Crippen LogP contribution is -2.46. The van der Waals surface area contributed by atoms with E-state index in [4.69, 9.17) is 5.11 Å². The van der Waals surface area contributed by atoms with E-state index in [2.05, 4.69) is 0 Å². The lowest BCUT2D eigenvalue weighted by Gasteiger charge is -2.27. The third-order valence-electron chi connectivity index (χ3n) is 1.04. The fourth-order valence-electron chi connectivity index (χ4n) is 0.405. The smallest absolute Gasteiger partial charge is 0.343 e. The first-order chi connectivity index (χ1) is 3.65. The van der Waals surface area contributed by atoms with Crippen molar-refractivity contribution in [1.29, 1.82) is 0 Å². The first-order valence-corrected chi connectivity index (χ1v) is 3.31. The molecule has 0 amide bonds. The van der Waals surface area contributed by atoms with Gasteiger partial charge in [-0.15, -0.1) is 0 Å². The van der Waals surface area contributed by atoms with Gasteiger partial charge in [0, 0.05) is 11.5 Å². The number of carboxylic acid groups (broad SMARTS) is 1. The van der Waals surface area contributed by atoms with Crippen LogP contribution in [0.3, 0.4) is 0 Å². The average molecular weight is 136 g/mol. The van der Waals surface area contributed by atoms with Gasteiger partial charge in [-0.25, -0.2) is 9.18 Å². The van der Waals surface area contributed by atoms with Crippen LogP contribution in [0, 0.1) is 0 Å². The third kappa shape index (κ3) is 0.686. The van der Waals surface area contributed by atoms with Crippen molar-refractivity contribution in [1.82, 2.24) is 0 Å². The number of hydrogen-bond acceptors (Lipinski definition) is 2. The van der Waals surface area contributed by atoms with E-state index < -0.39 is 11.6 Å². The van der Waals surface area contributed by atoms with E-state index >= 15 is 0 Å². The van der Waals surface area contributed by atoms with Gasteiger partial charge in [-0.05, 0) is 0 Å². The van der Waals surface area contributed by atoms with Crippen LogP contribution in [0.5, 0.6) is 0 Å². The summed E-state index contributed by atoms with van der Waals surface area (Å²) in [4.78, 5) is 9.91. The number of thioether (sulfide) groups is 1. The maximum atomic E-state index is 12.4. The highest BCUT2D eigenvalue weighted by Crippen LogP contribution is 2.32. The number of alkyl halides is 1. The molecule has 0 unspecified atom stereocenters. The maximum absolute atomic E-state index is 12.4. The van der Waals surface area contributed by atoms with E-state index in [1.165, 1.54) is 11.8 Å². The summed E-state index contributed by atoms with van der Waals surface area (Å²) in [5.74, 6) is -1.10. The topological polar surface area (TPSA) is 37.3 Å². The van der Waals surface area contributed by atoms with Crippen LogP contribution in [0.1, 0.15) is 0 Å². The van der Waals surface area contributed by atoms with Crippen molar-refractivity contribution in [3.05, 3.63) is 0 Å². The SMILES string of the molecule is O=C(O)C1(F)CSC1. The summed E-state index contributed by atoms with van der Waals surface area (Å²) in [5, 5.41) is 8.10. The molecule has 1 fully saturated rings. The van der Waals surface area contributed by atoms with Gasteiger partial charge in [0.2, 0.25) is 5.67 Å². The van der Waals surface area contributed by atoms with Gasteiger partial charge in [-0.2, -0.15) is 11.8 Å². The van der Waals surface area contributed by atoms with Gasteiger partial charge in [0.25, 0.3) is 0 Å². The largest absolute Gasteiger partial charge is 0.479 e. The quantitative estimate of drug-likeness (QED) is 0.571. The zero-order chi connectivity index (χ0) is 6.20. The second kappa shape index (κ2) is 1.62. The van der Waals surface area contributed by atoms with Gasteiger partial charge < -0.3 is 5.11 Å². The number of carboxylic acids is 1. The highest BCUT2D eigenvalue weighted by molar-refractivity contribution is 8.01. The first-order valence-electron chi connectivity index (χ1n) is 2.15. The summed E-state index contributed by atoms with van der Waals surface area (Å²) in [5.41, 5.74) is -1.90. The first kappa shape index (κ1) is 5.88. The van der Waals surface area contributed by atoms with Crippen LogP contribution in [0.25, 0.3) is 0 Å². The molecule has 0 radical (unpaired) electrons. The van der Waals surface area contributed by atoms with E-state index in [9.17, 15) is 9.18 Å². The lowest BCUT2D eigenvalue weighted by molar-refractivity contribution is -0.148. The number of rotatable bonds is 1. The van der Waals surface area contributed by atoms with Crippen LogP contribution in [0.2, 0.25) is 0 Å². The Bertz CT molecular complexity index is 121. The van der Waals surface area contributed by atoms with Crippen LogP contribution in [-0.4, -0.2) is 28.3 Å². The highest BCUT2D eigenvalue weighted by Gasteiger charge is 2.45. The molecule has 0 bridgehead atoms. The Hall–Kier alpha value is -0.250. The predicted octanol–water partition coefficient (Wildman–Crippen LogP) is 0.526. The molecule has 1 aliphatic heterocycles. The van der Waals surface area contributed by atoms with Crippen molar-refractivity contribution in [2.24, 2.45) is 0 Å². The minimum atomic E-state index is -1.90. The molecule has 0 aliphatic carbocycles. The highest BCUT2D eigenvalue weighted by atomic mass is 32.2. The maximum Gasteiger partial charge on any atom is 0.343 e. The zero-order valence-electron chi connectivity index (χ0n) is 4.06. The van der Waals surface area contributed by atoms with Gasteiger partial charge in [0.05, 0.1) is 0 Å². The summed E-state index contributed by atoms with van der Waals surface area (Å²) < 4.78 is 12.4. The molecule has 4 heteroatoms. The number of hydrogen-bond donors (Lipinski definition) is 1. The summed E-state index contributed by atoms with van der Waals surface area (Å²) in [6.45, 7) is 0. The van der Waals surface area contributed by atoms with Gasteiger partial charge in [-0.3, -0.25) is 0 Å². The van der Waals surface area contributed by atoms with Crippen molar-refractivity contribution < 1.29 is 14.3 Å². The molecule has 0 spiro atoms. The zero-order valence-corrected chi connectivity index (χ0v) is 4.87. The van der Waals surface area contributed by atoms with Crippen LogP contribution < -0.4 is 0 Å². The molecule has 1 heterocycles. The van der Waals surface area contributed by atoms with Crippen LogP contribution in [0.4, 0.5) is 4.39 Å². The standard InChI is InChI=1S/C4H5FO2S/c5-4(3(6)7)1-8-2-4/h1-2H2,(H,6,7). The molecule has 0 atom stereocenters. The van der Waals surface area contributed by atoms with Gasteiger partial charge in [0.15, 0.2) is 0 Å². The Morgan fingerprint density at radius 3 is 2.25 bits per heavy atom. The molecular formula is C4H5FO2S. The molecule has 0 saturated carbocycles. The molecule has 8 heavy (non-hydrogen) atoms. The Morgan fingerprint density at radius 1 is 1.75 bits per heavy atom. The Balaban J connectivity index is 2.53. The Morgan fingerprint density at radius 2 is 2.25 bits per heavy atom. The van der Waals surface area contributed by atoms with Crippen molar-refractivity contribution in [3.63, 3.8) is 0 Å². The summed E-state index contributed by atoms with van der Waals surface area (Å²) >= 11 is 1.32. The lowest BCUT2D eigenvalue weighted by atomic mass is 10.1. The Kier molecular flexibility index (Phi) is 1.19. The molecule has 0 aromatic rings. The fraction of sp³-hybridized carbons (Fsp3) is 0.750. The molecule has 0 aromatic heterocycles. The third-order valence-corrected chi connectivity index (χ3v) is 2.37. The average Bonchev–Trinajstić information content (AvgIpc) is 1.60. The minimum absolute atomic E-state index is 0.113. The van der Waals surface area contributed by atoms with E-state index in [0.29, 0.717) is 0 Å². The Labute approximate surface area is 50.1 Å². The van der Waals surface area contributed by atoms with Crippen molar-refractivity contribution in [3.8, 4) is 0 Å². The van der Waals surface area contributed by atoms with Crippen molar-refractivity contribution in [2.75, 3.05) is 11.5 Å². The predicted molar refractivity (Wildman–Crippen MR) is 28.8 cm³/mol. The second-order valence-corrected chi connectivity index (χ2v) is 2.75. The van der Waals surface area contributed by atoms with Crippen molar-refractivity contribution >= 4 is 17.7 Å². The van der Waals surface area contributed by atoms with Crippen LogP contribution >= 0.6 is 11.8 Å². The van der Waals surface area contributed by atoms with Gasteiger partial charge >= 0.3 is 5.97 Å². The molecule has 1 N–H and O–H groups in total. The van der Waals surface area contributed by atoms with E-state index in [1.807, 2.05) is 0 Å². The molecular weight excluding hydrogens is 131 g/mol.